The average molecular weight is 323 g/mol. The zero-order valence-corrected chi connectivity index (χ0v) is 12.8. The van der Waals surface area contributed by atoms with Gasteiger partial charge in [0.05, 0.1) is 10.7 Å². The zero-order chi connectivity index (χ0) is 15.1. The highest BCUT2D eigenvalue weighted by atomic mass is 35.5. The van der Waals surface area contributed by atoms with E-state index in [1.165, 1.54) is 11.8 Å². The Balaban J connectivity index is 1.72. The molecule has 1 amide bonds. The Morgan fingerprint density at radius 1 is 1.33 bits per heavy atom. The monoisotopic (exact) mass is 322 g/mol. The van der Waals surface area contributed by atoms with Crippen molar-refractivity contribution in [2.24, 2.45) is 0 Å². The van der Waals surface area contributed by atoms with Crippen molar-refractivity contribution in [2.45, 2.75) is 18.0 Å². The van der Waals surface area contributed by atoms with Gasteiger partial charge in [-0.05, 0) is 30.7 Å². The third-order valence-electron chi connectivity index (χ3n) is 2.59. The molecule has 0 spiro atoms. The molecule has 21 heavy (non-hydrogen) atoms. The molecule has 0 saturated heterocycles. The van der Waals surface area contributed by atoms with Crippen LogP contribution in [0.5, 0.6) is 0 Å². The summed E-state index contributed by atoms with van der Waals surface area (Å²) in [4.78, 5) is 20.0. The molecule has 0 radical (unpaired) electrons. The molecule has 2 rings (SSSR count). The lowest BCUT2D eigenvalue weighted by Gasteiger charge is -2.07. The predicted molar refractivity (Wildman–Crippen MR) is 86.5 cm³/mol. The summed E-state index contributed by atoms with van der Waals surface area (Å²) in [6, 6.07) is 6.78. The van der Waals surface area contributed by atoms with E-state index >= 15 is 0 Å². The highest BCUT2D eigenvalue weighted by Crippen LogP contribution is 2.24. The number of nitrogens with zero attached hydrogens (tertiary/aromatic N) is 2. The number of halogens is 1. The van der Waals surface area contributed by atoms with Crippen LogP contribution in [0.1, 0.15) is 12.8 Å². The molecule has 3 N–H and O–H groups in total. The van der Waals surface area contributed by atoms with Crippen molar-refractivity contribution >= 4 is 40.6 Å². The summed E-state index contributed by atoms with van der Waals surface area (Å²) >= 11 is 7.53. The topological polar surface area (TPSA) is 80.9 Å². The number of nitrogens with two attached hydrogens (primary N) is 1. The first-order chi connectivity index (χ1) is 10.1. The summed E-state index contributed by atoms with van der Waals surface area (Å²) in [5, 5.41) is 3.93. The second kappa shape index (κ2) is 7.85. The number of carbonyl (C=O) groups is 1. The molecule has 0 saturated carbocycles. The summed E-state index contributed by atoms with van der Waals surface area (Å²) < 4.78 is 0. The molecule has 0 bridgehead atoms. The van der Waals surface area contributed by atoms with Crippen molar-refractivity contribution in [2.75, 3.05) is 16.8 Å². The van der Waals surface area contributed by atoms with Gasteiger partial charge < -0.3 is 11.1 Å². The quantitative estimate of drug-likeness (QED) is 0.369. The fourth-order valence-electron chi connectivity index (χ4n) is 1.60. The minimum Gasteiger partial charge on any atom is -0.399 e. The predicted octanol–water partition coefficient (Wildman–Crippen LogP) is 3.22. The van der Waals surface area contributed by atoms with Gasteiger partial charge in [-0.3, -0.25) is 4.79 Å². The Kier molecular flexibility index (Phi) is 5.83. The first-order valence-corrected chi connectivity index (χ1v) is 7.76. The smallest absolute Gasteiger partial charge is 0.224 e. The molecule has 2 aromatic rings. The largest absolute Gasteiger partial charge is 0.399 e. The van der Waals surface area contributed by atoms with Crippen LogP contribution in [0.4, 0.5) is 11.4 Å². The summed E-state index contributed by atoms with van der Waals surface area (Å²) in [5.41, 5.74) is 6.75. The van der Waals surface area contributed by atoms with Crippen LogP contribution in [-0.4, -0.2) is 21.6 Å². The maximum absolute atomic E-state index is 11.8. The van der Waals surface area contributed by atoms with Crippen molar-refractivity contribution in [1.29, 1.82) is 0 Å². The molecular formula is C14H15ClN4OS. The lowest BCUT2D eigenvalue weighted by molar-refractivity contribution is -0.116. The van der Waals surface area contributed by atoms with Gasteiger partial charge in [0.15, 0.2) is 5.16 Å². The first-order valence-electron chi connectivity index (χ1n) is 6.40. The molecule has 110 valence electrons. The van der Waals surface area contributed by atoms with Gasteiger partial charge in [0.1, 0.15) is 0 Å². The Labute approximate surface area is 132 Å². The molecule has 0 aliphatic rings. The number of anilines is 2. The molecule has 1 heterocycles. The second-order valence-electron chi connectivity index (χ2n) is 4.27. The van der Waals surface area contributed by atoms with Crippen LogP contribution in [0.25, 0.3) is 0 Å². The Morgan fingerprint density at radius 3 is 2.81 bits per heavy atom. The SMILES string of the molecule is Nc1ccc(NC(=O)CCCSc2ncccn2)c(Cl)c1. The Bertz CT molecular complexity index is 609. The number of nitrogens with one attached hydrogen (secondary N) is 1. The van der Waals surface area contributed by atoms with E-state index in [4.69, 9.17) is 17.3 Å². The molecule has 5 nitrogen and oxygen atoms in total. The van der Waals surface area contributed by atoms with Gasteiger partial charge in [-0.2, -0.15) is 0 Å². The fraction of sp³-hybridized carbons (Fsp3) is 0.214. The van der Waals surface area contributed by atoms with E-state index in [0.29, 0.717) is 22.8 Å². The van der Waals surface area contributed by atoms with Crippen molar-refractivity contribution in [3.05, 3.63) is 41.7 Å². The van der Waals surface area contributed by atoms with E-state index in [9.17, 15) is 4.79 Å². The van der Waals surface area contributed by atoms with Crippen molar-refractivity contribution in [3.8, 4) is 0 Å². The van der Waals surface area contributed by atoms with Crippen LogP contribution in [0.3, 0.4) is 0 Å². The summed E-state index contributed by atoms with van der Waals surface area (Å²) in [7, 11) is 0. The van der Waals surface area contributed by atoms with Crippen LogP contribution in [0, 0.1) is 0 Å². The Morgan fingerprint density at radius 2 is 2.10 bits per heavy atom. The number of rotatable bonds is 6. The van der Waals surface area contributed by atoms with E-state index in [2.05, 4.69) is 15.3 Å². The number of thioether (sulfide) groups is 1. The molecule has 1 aromatic heterocycles. The van der Waals surface area contributed by atoms with Crippen LogP contribution in [0.15, 0.2) is 41.8 Å². The maximum Gasteiger partial charge on any atom is 0.224 e. The zero-order valence-electron chi connectivity index (χ0n) is 11.3. The summed E-state index contributed by atoms with van der Waals surface area (Å²) in [6.45, 7) is 0. The summed E-state index contributed by atoms with van der Waals surface area (Å²) in [6.07, 6.45) is 4.55. The average Bonchev–Trinajstić information content (AvgIpc) is 2.48. The number of aromatic nitrogens is 2. The minimum absolute atomic E-state index is 0.0729. The maximum atomic E-state index is 11.8. The van der Waals surface area contributed by atoms with Gasteiger partial charge in [0.2, 0.25) is 5.91 Å². The van der Waals surface area contributed by atoms with Gasteiger partial charge >= 0.3 is 0 Å². The van der Waals surface area contributed by atoms with Crippen molar-refractivity contribution in [3.63, 3.8) is 0 Å². The van der Waals surface area contributed by atoms with Crippen LogP contribution >= 0.6 is 23.4 Å². The normalized spacial score (nSPS) is 10.3. The molecule has 0 aliphatic carbocycles. The number of hydrogen-bond acceptors (Lipinski definition) is 5. The molecular weight excluding hydrogens is 308 g/mol. The first kappa shape index (κ1) is 15.6. The van der Waals surface area contributed by atoms with E-state index in [0.717, 1.165) is 17.3 Å². The molecule has 0 fully saturated rings. The van der Waals surface area contributed by atoms with Gasteiger partial charge in [0.25, 0.3) is 0 Å². The third kappa shape index (κ3) is 5.24. The van der Waals surface area contributed by atoms with Crippen LogP contribution in [0.2, 0.25) is 5.02 Å². The van der Waals surface area contributed by atoms with E-state index < -0.39 is 0 Å². The van der Waals surface area contributed by atoms with Crippen LogP contribution < -0.4 is 11.1 Å². The van der Waals surface area contributed by atoms with Gasteiger partial charge in [0, 0.05) is 30.3 Å². The highest BCUT2D eigenvalue weighted by molar-refractivity contribution is 7.99. The minimum atomic E-state index is -0.0729. The molecule has 0 aliphatic heterocycles. The lowest BCUT2D eigenvalue weighted by Crippen LogP contribution is -2.12. The van der Waals surface area contributed by atoms with Gasteiger partial charge in [-0.25, -0.2) is 9.97 Å². The molecule has 7 heteroatoms. The van der Waals surface area contributed by atoms with Crippen molar-refractivity contribution in [1.82, 2.24) is 9.97 Å². The number of amides is 1. The second-order valence-corrected chi connectivity index (χ2v) is 5.74. The third-order valence-corrected chi connectivity index (χ3v) is 3.86. The van der Waals surface area contributed by atoms with Crippen molar-refractivity contribution < 1.29 is 4.79 Å². The molecule has 0 unspecified atom stereocenters. The summed E-state index contributed by atoms with van der Waals surface area (Å²) in [5.74, 6) is 0.712. The fourth-order valence-corrected chi connectivity index (χ4v) is 2.58. The Hall–Kier alpha value is -1.79. The standard InChI is InChI=1S/C14H15ClN4OS/c15-11-9-10(16)4-5-12(11)19-13(20)3-1-8-21-14-17-6-2-7-18-14/h2,4-7,9H,1,3,8,16H2,(H,19,20). The number of benzene rings is 1. The number of carbonyl (C=O) groups excluding carboxylic acids is 1. The van der Waals surface area contributed by atoms with E-state index in [1.54, 1.807) is 36.7 Å². The van der Waals surface area contributed by atoms with Gasteiger partial charge in [-0.15, -0.1) is 0 Å². The number of nitrogen functional groups attached to an aromatic ring is 1. The lowest BCUT2D eigenvalue weighted by atomic mass is 10.2. The van der Waals surface area contributed by atoms with E-state index in [-0.39, 0.29) is 5.91 Å². The van der Waals surface area contributed by atoms with Gasteiger partial charge in [-0.1, -0.05) is 23.4 Å². The van der Waals surface area contributed by atoms with Crippen LogP contribution in [-0.2, 0) is 4.79 Å². The number of hydrogen-bond donors (Lipinski definition) is 2. The highest BCUT2D eigenvalue weighted by Gasteiger charge is 2.06. The molecule has 0 atom stereocenters. The van der Waals surface area contributed by atoms with E-state index in [1.807, 2.05) is 0 Å². The molecule has 1 aromatic carbocycles.